The SMILES string of the molecule is COc1ccccc1OCC(=O)OCc1ccc(C#N)cc1. The average Bonchev–Trinajstić information content (AvgIpc) is 2.58. The summed E-state index contributed by atoms with van der Waals surface area (Å²) in [5, 5.41) is 8.71. The topological polar surface area (TPSA) is 68.6 Å². The van der Waals surface area contributed by atoms with Crippen LogP contribution in [0.3, 0.4) is 0 Å². The summed E-state index contributed by atoms with van der Waals surface area (Å²) in [5.41, 5.74) is 1.37. The Bertz CT molecular complexity index is 674. The van der Waals surface area contributed by atoms with Gasteiger partial charge < -0.3 is 14.2 Å². The summed E-state index contributed by atoms with van der Waals surface area (Å²) in [6.45, 7) is -0.0590. The van der Waals surface area contributed by atoms with Gasteiger partial charge >= 0.3 is 5.97 Å². The van der Waals surface area contributed by atoms with Gasteiger partial charge in [0.25, 0.3) is 0 Å². The molecule has 5 heteroatoms. The van der Waals surface area contributed by atoms with E-state index >= 15 is 0 Å². The molecule has 22 heavy (non-hydrogen) atoms. The van der Waals surface area contributed by atoms with Gasteiger partial charge in [-0.3, -0.25) is 0 Å². The standard InChI is InChI=1S/C17H15NO4/c1-20-15-4-2-3-5-16(15)21-12-17(19)22-11-14-8-6-13(10-18)7-9-14/h2-9H,11-12H2,1H3. The third-order valence-corrected chi connectivity index (χ3v) is 2.90. The lowest BCUT2D eigenvalue weighted by Crippen LogP contribution is -2.15. The highest BCUT2D eigenvalue weighted by Crippen LogP contribution is 2.25. The molecule has 0 unspecified atom stereocenters. The van der Waals surface area contributed by atoms with E-state index < -0.39 is 5.97 Å². The first-order valence-corrected chi connectivity index (χ1v) is 6.63. The second-order valence-electron chi connectivity index (χ2n) is 4.41. The molecular weight excluding hydrogens is 282 g/mol. The zero-order valence-corrected chi connectivity index (χ0v) is 12.1. The average molecular weight is 297 g/mol. The van der Waals surface area contributed by atoms with E-state index in [0.29, 0.717) is 17.1 Å². The van der Waals surface area contributed by atoms with E-state index in [1.807, 2.05) is 12.1 Å². The molecule has 5 nitrogen and oxygen atoms in total. The number of ether oxygens (including phenoxy) is 3. The Labute approximate surface area is 128 Å². The lowest BCUT2D eigenvalue weighted by Gasteiger charge is -2.10. The van der Waals surface area contributed by atoms with Crippen LogP contribution in [0.4, 0.5) is 0 Å². The fraction of sp³-hybridized carbons (Fsp3) is 0.176. The first-order chi connectivity index (χ1) is 10.7. The molecule has 0 aliphatic rings. The Kier molecular flexibility index (Phi) is 5.38. The molecular formula is C17H15NO4. The smallest absolute Gasteiger partial charge is 0.344 e. The summed E-state index contributed by atoms with van der Waals surface area (Å²) >= 11 is 0. The molecule has 0 aromatic heterocycles. The molecule has 0 bridgehead atoms. The highest BCUT2D eigenvalue weighted by molar-refractivity contribution is 5.71. The van der Waals surface area contributed by atoms with Crippen molar-refractivity contribution in [2.45, 2.75) is 6.61 Å². The van der Waals surface area contributed by atoms with Crippen LogP contribution < -0.4 is 9.47 Å². The molecule has 2 aromatic rings. The maximum absolute atomic E-state index is 11.7. The van der Waals surface area contributed by atoms with Crippen molar-refractivity contribution in [1.82, 2.24) is 0 Å². The van der Waals surface area contributed by atoms with E-state index in [4.69, 9.17) is 19.5 Å². The van der Waals surface area contributed by atoms with Gasteiger partial charge in [0.1, 0.15) is 6.61 Å². The fourth-order valence-corrected chi connectivity index (χ4v) is 1.76. The number of esters is 1. The van der Waals surface area contributed by atoms with Crippen molar-refractivity contribution in [1.29, 1.82) is 5.26 Å². The molecule has 0 saturated carbocycles. The van der Waals surface area contributed by atoms with E-state index in [1.54, 1.807) is 42.5 Å². The van der Waals surface area contributed by atoms with Crippen LogP contribution in [0.1, 0.15) is 11.1 Å². The molecule has 0 N–H and O–H groups in total. The van der Waals surface area contributed by atoms with Gasteiger partial charge in [-0.05, 0) is 29.8 Å². The lowest BCUT2D eigenvalue weighted by molar-refractivity contribution is -0.147. The molecule has 0 atom stereocenters. The zero-order valence-electron chi connectivity index (χ0n) is 12.1. The maximum atomic E-state index is 11.7. The minimum atomic E-state index is -0.477. The Morgan fingerprint density at radius 1 is 1.09 bits per heavy atom. The quantitative estimate of drug-likeness (QED) is 0.767. The number of para-hydroxylation sites is 2. The molecule has 0 spiro atoms. The van der Waals surface area contributed by atoms with Crippen molar-refractivity contribution in [2.24, 2.45) is 0 Å². The van der Waals surface area contributed by atoms with Crippen LogP contribution >= 0.6 is 0 Å². The first kappa shape index (κ1) is 15.4. The lowest BCUT2D eigenvalue weighted by atomic mass is 10.2. The number of hydrogen-bond donors (Lipinski definition) is 0. The molecule has 0 radical (unpaired) electrons. The number of benzene rings is 2. The van der Waals surface area contributed by atoms with Crippen LogP contribution in [0.2, 0.25) is 0 Å². The van der Waals surface area contributed by atoms with Gasteiger partial charge in [0, 0.05) is 0 Å². The number of rotatable bonds is 6. The van der Waals surface area contributed by atoms with E-state index in [2.05, 4.69) is 0 Å². The molecule has 0 aliphatic heterocycles. The number of carbonyl (C=O) groups is 1. The third-order valence-electron chi connectivity index (χ3n) is 2.90. The summed E-state index contributed by atoms with van der Waals surface area (Å²) in [4.78, 5) is 11.7. The molecule has 2 aromatic carbocycles. The van der Waals surface area contributed by atoms with E-state index in [1.165, 1.54) is 7.11 Å². The van der Waals surface area contributed by atoms with Gasteiger partial charge in [-0.25, -0.2) is 4.79 Å². The molecule has 2 rings (SSSR count). The predicted octanol–water partition coefficient (Wildman–Crippen LogP) is 2.69. The minimum Gasteiger partial charge on any atom is -0.493 e. The van der Waals surface area contributed by atoms with Crippen LogP contribution in [0.15, 0.2) is 48.5 Å². The van der Waals surface area contributed by atoms with Crippen LogP contribution in [-0.2, 0) is 16.1 Å². The fourth-order valence-electron chi connectivity index (χ4n) is 1.76. The van der Waals surface area contributed by atoms with Gasteiger partial charge in [-0.1, -0.05) is 24.3 Å². The zero-order chi connectivity index (χ0) is 15.8. The second-order valence-corrected chi connectivity index (χ2v) is 4.41. The predicted molar refractivity (Wildman–Crippen MR) is 79.4 cm³/mol. The molecule has 0 heterocycles. The van der Waals surface area contributed by atoms with Crippen LogP contribution in [0.5, 0.6) is 11.5 Å². The van der Waals surface area contributed by atoms with Crippen LogP contribution in [0, 0.1) is 11.3 Å². The largest absolute Gasteiger partial charge is 0.493 e. The number of hydrogen-bond acceptors (Lipinski definition) is 5. The molecule has 0 aliphatic carbocycles. The molecule has 0 saturated heterocycles. The van der Waals surface area contributed by atoms with E-state index in [0.717, 1.165) is 5.56 Å². The minimum absolute atomic E-state index is 0.139. The Morgan fingerprint density at radius 3 is 2.41 bits per heavy atom. The van der Waals surface area contributed by atoms with Crippen molar-refractivity contribution >= 4 is 5.97 Å². The molecule has 112 valence electrons. The monoisotopic (exact) mass is 297 g/mol. The van der Waals surface area contributed by atoms with Gasteiger partial charge in [-0.15, -0.1) is 0 Å². The third kappa shape index (κ3) is 4.25. The van der Waals surface area contributed by atoms with E-state index in [9.17, 15) is 4.79 Å². The van der Waals surface area contributed by atoms with E-state index in [-0.39, 0.29) is 13.2 Å². The van der Waals surface area contributed by atoms with Gasteiger partial charge in [-0.2, -0.15) is 5.26 Å². The van der Waals surface area contributed by atoms with Gasteiger partial charge in [0.2, 0.25) is 0 Å². The Morgan fingerprint density at radius 2 is 1.77 bits per heavy atom. The number of methoxy groups -OCH3 is 1. The highest BCUT2D eigenvalue weighted by Gasteiger charge is 2.08. The summed E-state index contributed by atoms with van der Waals surface area (Å²) in [6, 6.07) is 15.9. The van der Waals surface area contributed by atoms with Crippen molar-refractivity contribution in [3.8, 4) is 17.6 Å². The summed E-state index contributed by atoms with van der Waals surface area (Å²) in [5.74, 6) is 0.568. The molecule has 0 amide bonds. The Balaban J connectivity index is 1.81. The highest BCUT2D eigenvalue weighted by atomic mass is 16.6. The Hall–Kier alpha value is -3.00. The van der Waals surface area contributed by atoms with Gasteiger partial charge in [0.15, 0.2) is 18.1 Å². The maximum Gasteiger partial charge on any atom is 0.344 e. The second kappa shape index (κ2) is 7.70. The van der Waals surface area contributed by atoms with Crippen molar-refractivity contribution in [3.05, 3.63) is 59.7 Å². The summed E-state index contributed by atoms with van der Waals surface area (Å²) < 4.78 is 15.6. The normalized spacial score (nSPS) is 9.64. The van der Waals surface area contributed by atoms with Crippen molar-refractivity contribution in [3.63, 3.8) is 0 Å². The van der Waals surface area contributed by atoms with Crippen LogP contribution in [0.25, 0.3) is 0 Å². The summed E-state index contributed by atoms with van der Waals surface area (Å²) in [7, 11) is 1.53. The first-order valence-electron chi connectivity index (χ1n) is 6.63. The molecule has 0 fully saturated rings. The van der Waals surface area contributed by atoms with Gasteiger partial charge in [0.05, 0.1) is 18.7 Å². The number of nitrogens with zero attached hydrogens (tertiary/aromatic N) is 1. The van der Waals surface area contributed by atoms with Crippen molar-refractivity contribution < 1.29 is 19.0 Å². The van der Waals surface area contributed by atoms with Crippen molar-refractivity contribution in [2.75, 3.05) is 13.7 Å². The number of carbonyl (C=O) groups excluding carboxylic acids is 1. The van der Waals surface area contributed by atoms with Crippen LogP contribution in [-0.4, -0.2) is 19.7 Å². The number of nitriles is 1. The summed E-state index contributed by atoms with van der Waals surface area (Å²) in [6.07, 6.45) is 0.